The van der Waals surface area contributed by atoms with Crippen LogP contribution in [0.5, 0.6) is 0 Å². The van der Waals surface area contributed by atoms with Gasteiger partial charge in [0.25, 0.3) is 0 Å². The van der Waals surface area contributed by atoms with Crippen molar-refractivity contribution in [2.24, 2.45) is 5.92 Å². The van der Waals surface area contributed by atoms with Crippen LogP contribution in [0, 0.1) is 12.8 Å². The summed E-state index contributed by atoms with van der Waals surface area (Å²) in [6.07, 6.45) is 3.84. The summed E-state index contributed by atoms with van der Waals surface area (Å²) >= 11 is 0. The van der Waals surface area contributed by atoms with Crippen molar-refractivity contribution in [3.8, 4) is 0 Å². The van der Waals surface area contributed by atoms with Crippen molar-refractivity contribution < 1.29 is 32.8 Å². The van der Waals surface area contributed by atoms with E-state index < -0.39 is 32.7 Å². The number of carboxylic acids is 2. The standard InChI is InChI=1S/C7H10O4S.C7H8O3S/c1-12(2)7(6(10)11)3-4(7)5(8)9;1-6-2-4-7(5-3-6)11(8,9)10/h4H,3H2,1-2H3,(H-,8,9,10,11);2-5H,1H3,(H,8,9,10). The molecule has 0 radical (unpaired) electrons. The zero-order valence-corrected chi connectivity index (χ0v) is 14.5. The summed E-state index contributed by atoms with van der Waals surface area (Å²) in [5.74, 6) is -2.63. The van der Waals surface area contributed by atoms with Gasteiger partial charge in [0.1, 0.15) is 16.0 Å². The van der Waals surface area contributed by atoms with Gasteiger partial charge in [0.15, 0.2) is 0 Å². The van der Waals surface area contributed by atoms with Gasteiger partial charge in [0, 0.05) is 6.42 Å². The quantitative estimate of drug-likeness (QED) is 0.595. The van der Waals surface area contributed by atoms with Crippen LogP contribution in [0.4, 0.5) is 0 Å². The van der Waals surface area contributed by atoms with Gasteiger partial charge in [0.05, 0.1) is 17.4 Å². The van der Waals surface area contributed by atoms with Crippen molar-refractivity contribution in [1.29, 1.82) is 0 Å². The highest BCUT2D eigenvalue weighted by Gasteiger charge is 2.74. The minimum atomic E-state index is -4.27. The molecule has 2 rings (SSSR count). The maximum atomic E-state index is 10.8. The van der Waals surface area contributed by atoms with Crippen molar-refractivity contribution in [1.82, 2.24) is 0 Å². The first-order valence-corrected chi connectivity index (χ1v) is 9.94. The van der Waals surface area contributed by atoms with Crippen LogP contribution in [0.15, 0.2) is 29.2 Å². The van der Waals surface area contributed by atoms with E-state index in [0.29, 0.717) is 0 Å². The van der Waals surface area contributed by atoms with Crippen LogP contribution in [0.25, 0.3) is 0 Å². The average Bonchev–Trinajstić information content (AvgIpc) is 3.15. The number of aliphatic carboxylic acids is 2. The topological polar surface area (TPSA) is 132 Å². The Hall–Kier alpha value is -1.58. The third-order valence-corrected chi connectivity index (χ3v) is 6.54. The number of aryl methyl sites for hydroxylation is 1. The highest BCUT2D eigenvalue weighted by atomic mass is 32.2. The summed E-state index contributed by atoms with van der Waals surface area (Å²) in [7, 11) is -4.65. The maximum Gasteiger partial charge on any atom is 0.361 e. The fraction of sp³-hybridized carbons (Fsp3) is 0.429. The van der Waals surface area contributed by atoms with Crippen molar-refractivity contribution in [3.05, 3.63) is 29.8 Å². The van der Waals surface area contributed by atoms with E-state index in [1.54, 1.807) is 24.6 Å². The monoisotopic (exact) mass is 362 g/mol. The van der Waals surface area contributed by atoms with Crippen LogP contribution in [-0.4, -0.2) is 52.4 Å². The molecule has 1 aliphatic carbocycles. The Balaban J connectivity index is 0.000000231. The van der Waals surface area contributed by atoms with Crippen molar-refractivity contribution in [2.75, 3.05) is 12.5 Å². The van der Waals surface area contributed by atoms with Crippen LogP contribution in [0.1, 0.15) is 12.0 Å². The second-order valence-electron chi connectivity index (χ2n) is 5.37. The lowest BCUT2D eigenvalue weighted by Crippen LogP contribution is -2.35. The van der Waals surface area contributed by atoms with Gasteiger partial charge in [-0.05, 0) is 30.0 Å². The first-order chi connectivity index (χ1) is 10.4. The van der Waals surface area contributed by atoms with Gasteiger partial charge in [-0.1, -0.05) is 17.7 Å². The van der Waals surface area contributed by atoms with Gasteiger partial charge in [-0.15, -0.1) is 0 Å². The van der Waals surface area contributed by atoms with Crippen LogP contribution in [0.3, 0.4) is 0 Å². The van der Waals surface area contributed by atoms with E-state index in [4.69, 9.17) is 10.2 Å². The molecule has 0 aliphatic heterocycles. The molecule has 0 saturated heterocycles. The molecular formula is C14H18O7S2. The van der Waals surface area contributed by atoms with Crippen molar-refractivity contribution >= 4 is 33.0 Å². The van der Waals surface area contributed by atoms with Crippen molar-refractivity contribution in [2.45, 2.75) is 23.0 Å². The summed E-state index contributed by atoms with van der Waals surface area (Å²) in [5, 5.41) is 17.5. The second-order valence-corrected chi connectivity index (χ2v) is 9.11. The highest BCUT2D eigenvalue weighted by Crippen LogP contribution is 2.50. The van der Waals surface area contributed by atoms with Crippen LogP contribution < -0.4 is 0 Å². The summed E-state index contributed by atoms with van der Waals surface area (Å²) in [4.78, 5) is 21.1. The summed E-state index contributed by atoms with van der Waals surface area (Å²) in [5.41, 5.74) is 0.928. The molecule has 7 nitrogen and oxygen atoms in total. The Kier molecular flexibility index (Phi) is 5.84. The van der Waals surface area contributed by atoms with E-state index in [-0.39, 0.29) is 22.2 Å². The normalized spacial score (nSPS) is 22.9. The third kappa shape index (κ3) is 4.46. The van der Waals surface area contributed by atoms with Gasteiger partial charge in [-0.3, -0.25) is 4.79 Å². The number of carbonyl (C=O) groups is 2. The molecule has 1 aromatic rings. The number of hydrogen-bond acceptors (Lipinski definition) is 5. The predicted molar refractivity (Wildman–Crippen MR) is 84.5 cm³/mol. The molecule has 0 aromatic heterocycles. The van der Waals surface area contributed by atoms with Crippen LogP contribution >= 0.6 is 0 Å². The third-order valence-electron chi connectivity index (χ3n) is 3.61. The van der Waals surface area contributed by atoms with E-state index in [1.165, 1.54) is 12.1 Å². The van der Waals surface area contributed by atoms with Gasteiger partial charge in [-0.2, -0.15) is 0 Å². The Bertz CT molecular complexity index is 694. The molecule has 2 N–H and O–H groups in total. The lowest BCUT2D eigenvalue weighted by Gasteiger charge is -2.06. The first kappa shape index (κ1) is 19.5. The number of hydrogen-bond donors (Lipinski definition) is 2. The Labute approximate surface area is 137 Å². The molecule has 0 spiro atoms. The molecule has 9 heteroatoms. The Morgan fingerprint density at radius 3 is 1.91 bits per heavy atom. The first-order valence-electron chi connectivity index (χ1n) is 6.49. The van der Waals surface area contributed by atoms with E-state index >= 15 is 0 Å². The average molecular weight is 362 g/mol. The number of benzene rings is 1. The van der Waals surface area contributed by atoms with E-state index in [2.05, 4.69) is 0 Å². The molecule has 0 amide bonds. The molecule has 2 unspecified atom stereocenters. The molecule has 23 heavy (non-hydrogen) atoms. The lowest BCUT2D eigenvalue weighted by molar-refractivity contribution is -0.143. The largest absolute Gasteiger partial charge is 0.744 e. The fourth-order valence-corrected chi connectivity index (χ4v) is 4.09. The van der Waals surface area contributed by atoms with E-state index in [0.717, 1.165) is 5.56 Å². The highest BCUT2D eigenvalue weighted by molar-refractivity contribution is 7.98. The lowest BCUT2D eigenvalue weighted by atomic mass is 10.2. The molecule has 0 heterocycles. The van der Waals surface area contributed by atoms with E-state index in [1.807, 2.05) is 6.92 Å². The molecule has 1 aromatic carbocycles. The Morgan fingerprint density at radius 2 is 1.70 bits per heavy atom. The molecule has 128 valence electrons. The summed E-state index contributed by atoms with van der Waals surface area (Å²) in [6, 6.07) is 5.78. The van der Waals surface area contributed by atoms with Gasteiger partial charge < -0.3 is 14.8 Å². The number of rotatable bonds is 4. The van der Waals surface area contributed by atoms with Crippen LogP contribution in [0.2, 0.25) is 0 Å². The van der Waals surface area contributed by atoms with E-state index in [9.17, 15) is 22.6 Å². The smallest absolute Gasteiger partial charge is 0.361 e. The molecule has 1 fully saturated rings. The molecule has 2 atom stereocenters. The zero-order valence-electron chi connectivity index (χ0n) is 12.8. The summed E-state index contributed by atoms with van der Waals surface area (Å²) < 4.78 is 30.2. The fourth-order valence-electron chi connectivity index (χ4n) is 2.10. The molecule has 0 bridgehead atoms. The minimum Gasteiger partial charge on any atom is -0.744 e. The molecule has 1 aliphatic rings. The molecule has 1 saturated carbocycles. The molecular weight excluding hydrogens is 344 g/mol. The predicted octanol–water partition coefficient (Wildman–Crippen LogP) is 0.691. The van der Waals surface area contributed by atoms with Gasteiger partial charge in [-0.25, -0.2) is 13.2 Å². The van der Waals surface area contributed by atoms with Crippen LogP contribution in [-0.2, 0) is 30.6 Å². The number of carboxylic acid groups (broad SMARTS) is 2. The van der Waals surface area contributed by atoms with Crippen molar-refractivity contribution in [3.63, 3.8) is 0 Å². The summed E-state index contributed by atoms with van der Waals surface area (Å²) in [6.45, 7) is 1.82. The van der Waals surface area contributed by atoms with Gasteiger partial charge >= 0.3 is 11.9 Å². The Morgan fingerprint density at radius 1 is 1.22 bits per heavy atom. The maximum absolute atomic E-state index is 10.8. The second kappa shape index (κ2) is 6.90. The van der Waals surface area contributed by atoms with Gasteiger partial charge in [0.2, 0.25) is 4.75 Å². The SMILES string of the molecule is C[S+](C)C1(C(=O)O)CC1C(=O)O.Cc1ccc(S(=O)(=O)[O-])cc1. The zero-order chi connectivity index (χ0) is 18.0. The minimum absolute atomic E-state index is 0.178.